The lowest BCUT2D eigenvalue weighted by Gasteiger charge is -2.04. The molecule has 0 spiro atoms. The van der Waals surface area contributed by atoms with Crippen molar-refractivity contribution < 1.29 is 14.7 Å². The van der Waals surface area contributed by atoms with Crippen LogP contribution >= 0.6 is 0 Å². The molecule has 0 unspecified atom stereocenters. The Morgan fingerprint density at radius 2 is 2.22 bits per heavy atom. The molecule has 0 bridgehead atoms. The topological polar surface area (TPSA) is 110 Å². The standard InChI is InChI=1S/C10H9N5O3/c16-9(3-10(17)18)14-7-1-2-8(12-4-7)15-6-11-5-13-15/h1-2,4-6H,3H2,(H,14,16)(H,17,18). The van der Waals surface area contributed by atoms with Crippen LogP contribution in [-0.4, -0.2) is 36.7 Å². The molecule has 2 N–H and O–H groups in total. The third-order valence-electron chi connectivity index (χ3n) is 2.00. The maximum atomic E-state index is 11.2. The van der Waals surface area contributed by atoms with Gasteiger partial charge >= 0.3 is 5.97 Å². The van der Waals surface area contributed by atoms with Crippen LogP contribution in [0.25, 0.3) is 5.82 Å². The second-order valence-electron chi connectivity index (χ2n) is 3.36. The van der Waals surface area contributed by atoms with Crippen LogP contribution in [0.3, 0.4) is 0 Å². The Labute approximate surface area is 101 Å². The van der Waals surface area contributed by atoms with E-state index in [4.69, 9.17) is 5.11 Å². The largest absolute Gasteiger partial charge is 0.481 e. The normalized spacial score (nSPS) is 10.0. The molecule has 0 saturated heterocycles. The van der Waals surface area contributed by atoms with Crippen molar-refractivity contribution in [1.29, 1.82) is 0 Å². The van der Waals surface area contributed by atoms with E-state index < -0.39 is 18.3 Å². The highest BCUT2D eigenvalue weighted by molar-refractivity contribution is 6.01. The number of amides is 1. The van der Waals surface area contributed by atoms with Crippen molar-refractivity contribution in [2.45, 2.75) is 6.42 Å². The van der Waals surface area contributed by atoms with Crippen molar-refractivity contribution >= 4 is 17.6 Å². The van der Waals surface area contributed by atoms with Crippen molar-refractivity contribution in [2.24, 2.45) is 0 Å². The third-order valence-corrected chi connectivity index (χ3v) is 2.00. The highest BCUT2D eigenvalue weighted by atomic mass is 16.4. The van der Waals surface area contributed by atoms with Crippen LogP contribution in [0.4, 0.5) is 5.69 Å². The molecule has 0 aromatic carbocycles. The molecule has 18 heavy (non-hydrogen) atoms. The maximum Gasteiger partial charge on any atom is 0.312 e. The zero-order valence-corrected chi connectivity index (χ0v) is 9.15. The van der Waals surface area contributed by atoms with Crippen LogP contribution in [0.15, 0.2) is 31.0 Å². The SMILES string of the molecule is O=C(O)CC(=O)Nc1ccc(-n2cncn2)nc1. The smallest absolute Gasteiger partial charge is 0.312 e. The number of anilines is 1. The van der Waals surface area contributed by atoms with Gasteiger partial charge in [0.15, 0.2) is 5.82 Å². The average Bonchev–Trinajstić information content (AvgIpc) is 2.82. The zero-order chi connectivity index (χ0) is 13.0. The van der Waals surface area contributed by atoms with Gasteiger partial charge in [0, 0.05) is 0 Å². The summed E-state index contributed by atoms with van der Waals surface area (Å²) in [6.45, 7) is 0. The van der Waals surface area contributed by atoms with Crippen LogP contribution < -0.4 is 5.32 Å². The van der Waals surface area contributed by atoms with Crippen molar-refractivity contribution in [3.05, 3.63) is 31.0 Å². The van der Waals surface area contributed by atoms with Crippen LogP contribution in [0.2, 0.25) is 0 Å². The monoisotopic (exact) mass is 247 g/mol. The van der Waals surface area contributed by atoms with E-state index in [1.807, 2.05) is 0 Å². The summed E-state index contributed by atoms with van der Waals surface area (Å²) in [5, 5.41) is 14.7. The van der Waals surface area contributed by atoms with E-state index in [9.17, 15) is 9.59 Å². The minimum absolute atomic E-state index is 0.421. The molecule has 8 heteroatoms. The van der Waals surface area contributed by atoms with E-state index in [0.29, 0.717) is 11.5 Å². The van der Waals surface area contributed by atoms with Gasteiger partial charge in [0.05, 0.1) is 11.9 Å². The van der Waals surface area contributed by atoms with E-state index in [1.54, 1.807) is 12.1 Å². The zero-order valence-electron chi connectivity index (χ0n) is 9.15. The predicted molar refractivity (Wildman–Crippen MR) is 60.0 cm³/mol. The van der Waals surface area contributed by atoms with E-state index in [2.05, 4.69) is 20.4 Å². The fourth-order valence-electron chi connectivity index (χ4n) is 1.26. The molecular weight excluding hydrogens is 238 g/mol. The highest BCUT2D eigenvalue weighted by Gasteiger charge is 2.08. The first-order valence-corrected chi connectivity index (χ1v) is 4.98. The van der Waals surface area contributed by atoms with Crippen molar-refractivity contribution in [3.8, 4) is 5.82 Å². The quantitative estimate of drug-likeness (QED) is 0.740. The van der Waals surface area contributed by atoms with Gasteiger partial charge in [-0.1, -0.05) is 0 Å². The minimum atomic E-state index is -1.18. The maximum absolute atomic E-state index is 11.2. The summed E-state index contributed by atoms with van der Waals surface area (Å²) in [5.41, 5.74) is 0.421. The molecule has 92 valence electrons. The van der Waals surface area contributed by atoms with Gasteiger partial charge in [0.1, 0.15) is 19.1 Å². The summed E-state index contributed by atoms with van der Waals surface area (Å²) >= 11 is 0. The molecule has 0 fully saturated rings. The number of hydrogen-bond acceptors (Lipinski definition) is 5. The van der Waals surface area contributed by atoms with Gasteiger partial charge < -0.3 is 10.4 Å². The summed E-state index contributed by atoms with van der Waals surface area (Å²) in [6.07, 6.45) is 3.71. The molecule has 0 atom stereocenters. The Morgan fingerprint density at radius 3 is 2.78 bits per heavy atom. The molecule has 2 aromatic rings. The van der Waals surface area contributed by atoms with Crippen LogP contribution in [0, 0.1) is 0 Å². The lowest BCUT2D eigenvalue weighted by molar-refractivity contribution is -0.139. The molecule has 1 amide bonds. The second kappa shape index (κ2) is 5.04. The van der Waals surface area contributed by atoms with E-state index in [-0.39, 0.29) is 0 Å². The summed E-state index contributed by atoms with van der Waals surface area (Å²) < 4.78 is 1.46. The van der Waals surface area contributed by atoms with E-state index in [1.165, 1.54) is 23.5 Å². The molecular formula is C10H9N5O3. The minimum Gasteiger partial charge on any atom is -0.481 e. The number of carboxylic acid groups (broad SMARTS) is 1. The molecule has 8 nitrogen and oxygen atoms in total. The van der Waals surface area contributed by atoms with Crippen LogP contribution in [-0.2, 0) is 9.59 Å². The van der Waals surface area contributed by atoms with Gasteiger partial charge in [-0.05, 0) is 12.1 Å². The average molecular weight is 247 g/mol. The van der Waals surface area contributed by atoms with Crippen molar-refractivity contribution in [3.63, 3.8) is 0 Å². The molecule has 0 aliphatic heterocycles. The Balaban J connectivity index is 2.04. The van der Waals surface area contributed by atoms with Crippen LogP contribution in [0.5, 0.6) is 0 Å². The highest BCUT2D eigenvalue weighted by Crippen LogP contribution is 2.08. The van der Waals surface area contributed by atoms with Crippen molar-refractivity contribution in [1.82, 2.24) is 19.7 Å². The van der Waals surface area contributed by atoms with Crippen molar-refractivity contribution in [2.75, 3.05) is 5.32 Å². The molecule has 0 radical (unpaired) electrons. The Hall–Kier alpha value is -2.77. The van der Waals surface area contributed by atoms with Gasteiger partial charge in [-0.15, -0.1) is 0 Å². The number of nitrogens with one attached hydrogen (secondary N) is 1. The number of aliphatic carboxylic acids is 1. The number of carbonyl (C=O) groups excluding carboxylic acids is 1. The first kappa shape index (κ1) is 11.7. The molecule has 2 aromatic heterocycles. The summed E-state index contributed by atoms with van der Waals surface area (Å²) in [5.74, 6) is -1.23. The second-order valence-corrected chi connectivity index (χ2v) is 3.36. The van der Waals surface area contributed by atoms with Gasteiger partial charge in [0.2, 0.25) is 5.91 Å². The molecule has 2 rings (SSSR count). The van der Waals surface area contributed by atoms with E-state index in [0.717, 1.165) is 0 Å². The Bertz CT molecular complexity index is 549. The molecule has 2 heterocycles. The van der Waals surface area contributed by atoms with E-state index >= 15 is 0 Å². The fourth-order valence-corrected chi connectivity index (χ4v) is 1.26. The number of hydrogen-bond donors (Lipinski definition) is 2. The number of pyridine rings is 1. The number of carboxylic acids is 1. The van der Waals surface area contributed by atoms with Gasteiger partial charge in [-0.3, -0.25) is 9.59 Å². The number of nitrogens with zero attached hydrogens (tertiary/aromatic N) is 4. The Kier molecular flexibility index (Phi) is 3.28. The molecule has 0 saturated carbocycles. The summed E-state index contributed by atoms with van der Waals surface area (Å²) in [4.78, 5) is 29.3. The predicted octanol–water partition coefficient (Wildman–Crippen LogP) is 0.0755. The summed E-state index contributed by atoms with van der Waals surface area (Å²) in [6, 6.07) is 3.23. The van der Waals surface area contributed by atoms with Gasteiger partial charge in [-0.25, -0.2) is 14.6 Å². The van der Waals surface area contributed by atoms with Gasteiger partial charge in [-0.2, -0.15) is 5.10 Å². The number of carbonyl (C=O) groups is 2. The first-order valence-electron chi connectivity index (χ1n) is 4.98. The van der Waals surface area contributed by atoms with Gasteiger partial charge in [0.25, 0.3) is 0 Å². The molecule has 0 aliphatic rings. The lowest BCUT2D eigenvalue weighted by atomic mass is 10.3. The number of aromatic nitrogens is 4. The van der Waals surface area contributed by atoms with Crippen LogP contribution in [0.1, 0.15) is 6.42 Å². The Morgan fingerprint density at radius 1 is 1.39 bits per heavy atom. The number of rotatable bonds is 4. The molecule has 0 aliphatic carbocycles. The first-order chi connectivity index (χ1) is 8.65. The lowest BCUT2D eigenvalue weighted by Crippen LogP contribution is -2.16. The third kappa shape index (κ3) is 2.88. The summed E-state index contributed by atoms with van der Waals surface area (Å²) in [7, 11) is 0. The fraction of sp³-hybridized carbons (Fsp3) is 0.100.